The van der Waals surface area contributed by atoms with Crippen LogP contribution in [-0.2, 0) is 11.3 Å². The van der Waals surface area contributed by atoms with Gasteiger partial charge < -0.3 is 14.7 Å². The molecule has 128 valence electrons. The maximum atomic E-state index is 12.6. The van der Waals surface area contributed by atoms with E-state index < -0.39 is 0 Å². The molecular formula is C16H20N4O3S. The van der Waals surface area contributed by atoms with Crippen molar-refractivity contribution >= 4 is 22.5 Å². The van der Waals surface area contributed by atoms with Crippen LogP contribution in [0.2, 0.25) is 0 Å². The molecule has 0 unspecified atom stereocenters. The van der Waals surface area contributed by atoms with Crippen molar-refractivity contribution in [3.8, 4) is 5.75 Å². The molecule has 3 rings (SSSR count). The van der Waals surface area contributed by atoms with Gasteiger partial charge in [-0.1, -0.05) is 29.5 Å². The second kappa shape index (κ2) is 7.59. The van der Waals surface area contributed by atoms with Crippen molar-refractivity contribution in [2.75, 3.05) is 18.5 Å². The number of anilines is 1. The van der Waals surface area contributed by atoms with Crippen molar-refractivity contribution in [3.63, 3.8) is 0 Å². The van der Waals surface area contributed by atoms with E-state index in [0.29, 0.717) is 23.8 Å². The summed E-state index contributed by atoms with van der Waals surface area (Å²) in [6.07, 6.45) is 1.96. The summed E-state index contributed by atoms with van der Waals surface area (Å²) in [6, 6.07) is 6.75. The molecule has 0 saturated carbocycles. The number of aromatic hydroxyl groups is 1. The maximum Gasteiger partial charge on any atom is 0.324 e. The van der Waals surface area contributed by atoms with Crippen molar-refractivity contribution in [1.29, 1.82) is 0 Å². The summed E-state index contributed by atoms with van der Waals surface area (Å²) in [5, 5.41) is 21.8. The number of para-hydroxylation sites is 1. The molecule has 24 heavy (non-hydrogen) atoms. The highest BCUT2D eigenvalue weighted by Crippen LogP contribution is 2.21. The number of nitrogens with zero attached hydrogens (tertiary/aromatic N) is 3. The maximum absolute atomic E-state index is 12.6. The molecule has 0 radical (unpaired) electrons. The lowest BCUT2D eigenvalue weighted by atomic mass is 10.1. The lowest BCUT2D eigenvalue weighted by Crippen LogP contribution is -2.39. The van der Waals surface area contributed by atoms with Crippen LogP contribution in [0.1, 0.15) is 23.4 Å². The van der Waals surface area contributed by atoms with Crippen LogP contribution in [0.5, 0.6) is 5.75 Å². The first-order valence-corrected chi connectivity index (χ1v) is 8.68. The number of aryl methyl sites for hydroxylation is 1. The number of urea groups is 1. The summed E-state index contributed by atoms with van der Waals surface area (Å²) in [5.74, 6) is 0.175. The predicted octanol–water partition coefficient (Wildman–Crippen LogP) is 2.77. The van der Waals surface area contributed by atoms with E-state index in [-0.39, 0.29) is 17.9 Å². The van der Waals surface area contributed by atoms with Gasteiger partial charge in [-0.3, -0.25) is 5.32 Å². The second-order valence-electron chi connectivity index (χ2n) is 5.70. The van der Waals surface area contributed by atoms with Crippen molar-refractivity contribution in [2.24, 2.45) is 0 Å². The molecule has 2 N–H and O–H groups in total. The third-order valence-electron chi connectivity index (χ3n) is 3.83. The third kappa shape index (κ3) is 4.21. The second-order valence-corrected chi connectivity index (χ2v) is 6.88. The van der Waals surface area contributed by atoms with Crippen molar-refractivity contribution < 1.29 is 14.6 Å². The Hall–Kier alpha value is -2.19. The number of nitrogens with one attached hydrogen (secondary N) is 1. The Bertz CT molecular complexity index is 700. The van der Waals surface area contributed by atoms with Crippen molar-refractivity contribution in [3.05, 3.63) is 34.8 Å². The number of phenols is 1. The van der Waals surface area contributed by atoms with Gasteiger partial charge in [-0.2, -0.15) is 0 Å². The molecule has 1 saturated heterocycles. The van der Waals surface area contributed by atoms with E-state index in [9.17, 15) is 9.90 Å². The molecule has 1 fully saturated rings. The van der Waals surface area contributed by atoms with Gasteiger partial charge in [0.1, 0.15) is 10.8 Å². The van der Waals surface area contributed by atoms with Gasteiger partial charge in [0.25, 0.3) is 0 Å². The molecule has 1 aliphatic rings. The van der Waals surface area contributed by atoms with E-state index in [1.54, 1.807) is 23.1 Å². The van der Waals surface area contributed by atoms with Crippen LogP contribution >= 0.6 is 11.3 Å². The minimum Gasteiger partial charge on any atom is -0.508 e. The van der Waals surface area contributed by atoms with Crippen molar-refractivity contribution in [1.82, 2.24) is 15.1 Å². The molecule has 7 nitrogen and oxygen atoms in total. The normalized spacial score (nSPS) is 17.0. The first-order valence-electron chi connectivity index (χ1n) is 7.86. The van der Waals surface area contributed by atoms with Crippen molar-refractivity contribution in [2.45, 2.75) is 32.4 Å². The fraction of sp³-hybridized carbons (Fsp3) is 0.438. The van der Waals surface area contributed by atoms with Gasteiger partial charge in [0.15, 0.2) is 0 Å². The Morgan fingerprint density at radius 2 is 2.29 bits per heavy atom. The summed E-state index contributed by atoms with van der Waals surface area (Å²) >= 11 is 1.32. The minimum absolute atomic E-state index is 0.0257. The summed E-state index contributed by atoms with van der Waals surface area (Å²) in [7, 11) is 0. The average Bonchev–Trinajstić information content (AvgIpc) is 3.20. The van der Waals surface area contributed by atoms with Crippen LogP contribution < -0.4 is 5.32 Å². The zero-order valence-corrected chi connectivity index (χ0v) is 14.3. The minimum atomic E-state index is -0.273. The molecular weight excluding hydrogens is 328 g/mol. The predicted molar refractivity (Wildman–Crippen MR) is 91.2 cm³/mol. The standard InChI is InChI=1S/C16H20N4O3S/c1-11-18-19-15(24-11)17-16(22)20(10-13-6-4-8-23-13)9-12-5-2-3-7-14(12)21/h2-3,5,7,13,21H,4,6,8-10H2,1H3,(H,17,19,22)/t13-/m1/s1. The molecule has 0 spiro atoms. The molecule has 2 amide bonds. The van der Waals surface area contributed by atoms with Gasteiger partial charge in [0, 0.05) is 18.7 Å². The number of hydrogen-bond acceptors (Lipinski definition) is 6. The van der Waals surface area contributed by atoms with Gasteiger partial charge >= 0.3 is 6.03 Å². The molecule has 0 bridgehead atoms. The molecule has 1 aromatic heterocycles. The fourth-order valence-electron chi connectivity index (χ4n) is 2.62. The summed E-state index contributed by atoms with van der Waals surface area (Å²) < 4.78 is 5.65. The topological polar surface area (TPSA) is 87.6 Å². The number of benzene rings is 1. The summed E-state index contributed by atoms with van der Waals surface area (Å²) in [4.78, 5) is 14.3. The Balaban J connectivity index is 1.72. The highest BCUT2D eigenvalue weighted by Gasteiger charge is 2.24. The van der Waals surface area contributed by atoms with E-state index in [1.165, 1.54) is 11.3 Å². The van der Waals surface area contributed by atoms with Gasteiger partial charge in [-0.25, -0.2) is 4.79 Å². The fourth-order valence-corrected chi connectivity index (χ4v) is 3.20. The lowest BCUT2D eigenvalue weighted by molar-refractivity contribution is 0.0817. The monoisotopic (exact) mass is 348 g/mol. The zero-order chi connectivity index (χ0) is 16.9. The molecule has 0 aliphatic carbocycles. The van der Waals surface area contributed by atoms with Crippen LogP contribution in [0.15, 0.2) is 24.3 Å². The Morgan fingerprint density at radius 3 is 2.96 bits per heavy atom. The Kier molecular flexibility index (Phi) is 5.27. The number of ether oxygens (including phenoxy) is 1. The number of carbonyl (C=O) groups excluding carboxylic acids is 1. The summed E-state index contributed by atoms with van der Waals surface area (Å²) in [6.45, 7) is 3.33. The molecule has 2 heterocycles. The van der Waals surface area contributed by atoms with Gasteiger partial charge in [-0.05, 0) is 25.8 Å². The van der Waals surface area contributed by atoms with Crippen LogP contribution in [0.3, 0.4) is 0 Å². The number of hydrogen-bond donors (Lipinski definition) is 2. The van der Waals surface area contributed by atoms with Crippen LogP contribution in [0, 0.1) is 6.92 Å². The molecule has 1 atom stereocenters. The van der Waals surface area contributed by atoms with Crippen LogP contribution in [-0.4, -0.2) is 45.5 Å². The smallest absolute Gasteiger partial charge is 0.324 e. The first-order chi connectivity index (χ1) is 11.6. The lowest BCUT2D eigenvalue weighted by Gasteiger charge is -2.25. The highest BCUT2D eigenvalue weighted by molar-refractivity contribution is 7.15. The van der Waals surface area contributed by atoms with E-state index in [0.717, 1.165) is 24.5 Å². The van der Waals surface area contributed by atoms with Crippen LogP contribution in [0.4, 0.5) is 9.93 Å². The third-order valence-corrected chi connectivity index (χ3v) is 4.58. The Labute approximate surface area is 144 Å². The molecule has 1 aliphatic heterocycles. The van der Waals surface area contributed by atoms with Gasteiger partial charge in [0.05, 0.1) is 12.6 Å². The van der Waals surface area contributed by atoms with E-state index in [2.05, 4.69) is 15.5 Å². The largest absolute Gasteiger partial charge is 0.508 e. The van der Waals surface area contributed by atoms with Crippen LogP contribution in [0.25, 0.3) is 0 Å². The number of aromatic nitrogens is 2. The Morgan fingerprint density at radius 1 is 1.46 bits per heavy atom. The number of rotatable bonds is 5. The summed E-state index contributed by atoms with van der Waals surface area (Å²) in [5.41, 5.74) is 0.694. The first kappa shape index (κ1) is 16.7. The number of carbonyl (C=O) groups is 1. The zero-order valence-electron chi connectivity index (χ0n) is 13.4. The van der Waals surface area contributed by atoms with E-state index >= 15 is 0 Å². The SMILES string of the molecule is Cc1nnc(NC(=O)N(Cc2ccccc2O)C[C@H]2CCCO2)s1. The quantitative estimate of drug-likeness (QED) is 0.867. The molecule has 8 heteroatoms. The van der Waals surface area contributed by atoms with E-state index in [4.69, 9.17) is 4.74 Å². The molecule has 2 aromatic rings. The highest BCUT2D eigenvalue weighted by atomic mass is 32.1. The van der Waals surface area contributed by atoms with Gasteiger partial charge in [-0.15, -0.1) is 10.2 Å². The average molecular weight is 348 g/mol. The number of amides is 2. The number of phenolic OH excluding ortho intramolecular Hbond substituents is 1. The van der Waals surface area contributed by atoms with Gasteiger partial charge in [0.2, 0.25) is 5.13 Å². The van der Waals surface area contributed by atoms with E-state index in [1.807, 2.05) is 13.0 Å². The molecule has 1 aromatic carbocycles.